The van der Waals surface area contributed by atoms with Gasteiger partial charge in [0, 0.05) is 16.6 Å². The van der Waals surface area contributed by atoms with Crippen molar-refractivity contribution < 1.29 is 4.79 Å². The molecule has 0 spiro atoms. The summed E-state index contributed by atoms with van der Waals surface area (Å²) in [5.41, 5.74) is 2.03. The number of carbonyl (C=O) groups excluding carboxylic acids is 1. The highest BCUT2D eigenvalue weighted by Gasteiger charge is 2.24. The molecule has 0 atom stereocenters. The number of halogens is 1. The van der Waals surface area contributed by atoms with Gasteiger partial charge in [-0.05, 0) is 49.4 Å². The lowest BCUT2D eigenvalue weighted by atomic mass is 10.2. The number of carbonyl (C=O) groups is 1. The van der Waals surface area contributed by atoms with E-state index in [2.05, 4.69) is 21.2 Å². The molecule has 3 heteroatoms. The number of rotatable bonds is 3. The highest BCUT2D eigenvalue weighted by atomic mass is 79.9. The minimum atomic E-state index is 0.138. The first kappa shape index (κ1) is 10.7. The highest BCUT2D eigenvalue weighted by Crippen LogP contribution is 2.32. The Morgan fingerprint density at radius 1 is 1.53 bits per heavy atom. The van der Waals surface area contributed by atoms with Crippen molar-refractivity contribution in [2.24, 2.45) is 5.92 Å². The molecule has 1 aliphatic carbocycles. The molecule has 80 valence electrons. The highest BCUT2D eigenvalue weighted by molar-refractivity contribution is 9.10. The van der Waals surface area contributed by atoms with E-state index in [4.69, 9.17) is 0 Å². The maximum atomic E-state index is 11.5. The van der Waals surface area contributed by atoms with Gasteiger partial charge in [-0.15, -0.1) is 0 Å². The fourth-order valence-electron chi connectivity index (χ4n) is 1.52. The molecular formula is C12H14BrNO. The maximum Gasteiger partial charge on any atom is 0.224 e. The summed E-state index contributed by atoms with van der Waals surface area (Å²) in [5, 5.41) is 2.92. The number of hydrogen-bond donors (Lipinski definition) is 1. The normalized spacial score (nSPS) is 15.1. The first-order valence-electron chi connectivity index (χ1n) is 5.21. The van der Waals surface area contributed by atoms with Crippen molar-refractivity contribution in [1.82, 2.24) is 0 Å². The van der Waals surface area contributed by atoms with Gasteiger partial charge in [-0.3, -0.25) is 4.79 Å². The molecule has 0 aliphatic heterocycles. The Labute approximate surface area is 98.2 Å². The first-order valence-corrected chi connectivity index (χ1v) is 6.00. The standard InChI is InChI=1S/C12H14BrNO/c1-8-6-10(4-5-11(8)13)14-12(15)7-9-2-3-9/h4-6,9H,2-3,7H2,1H3,(H,14,15). The molecule has 1 N–H and O–H groups in total. The largest absolute Gasteiger partial charge is 0.326 e. The van der Waals surface area contributed by atoms with Gasteiger partial charge in [0.15, 0.2) is 0 Å². The molecule has 2 rings (SSSR count). The molecule has 0 aromatic heterocycles. The van der Waals surface area contributed by atoms with Crippen LogP contribution >= 0.6 is 15.9 Å². The fourth-order valence-corrected chi connectivity index (χ4v) is 1.77. The Bertz CT molecular complexity index is 385. The van der Waals surface area contributed by atoms with Gasteiger partial charge in [0.1, 0.15) is 0 Å². The van der Waals surface area contributed by atoms with Crippen LogP contribution in [0.3, 0.4) is 0 Å². The monoisotopic (exact) mass is 267 g/mol. The van der Waals surface area contributed by atoms with Crippen LogP contribution in [0, 0.1) is 12.8 Å². The molecule has 1 aromatic carbocycles. The third-order valence-electron chi connectivity index (χ3n) is 2.61. The third-order valence-corrected chi connectivity index (χ3v) is 3.50. The predicted octanol–water partition coefficient (Wildman–Crippen LogP) is 3.50. The Kier molecular flexibility index (Phi) is 3.10. The lowest BCUT2D eigenvalue weighted by Gasteiger charge is -2.06. The van der Waals surface area contributed by atoms with E-state index in [9.17, 15) is 4.79 Å². The summed E-state index contributed by atoms with van der Waals surface area (Å²) in [4.78, 5) is 11.5. The average Bonchev–Trinajstić information content (AvgIpc) is 2.95. The van der Waals surface area contributed by atoms with Crippen LogP contribution in [-0.4, -0.2) is 5.91 Å². The van der Waals surface area contributed by atoms with Crippen LogP contribution < -0.4 is 5.32 Å². The Balaban J connectivity index is 1.97. The molecule has 1 fully saturated rings. The third kappa shape index (κ3) is 3.06. The van der Waals surface area contributed by atoms with E-state index >= 15 is 0 Å². The molecule has 15 heavy (non-hydrogen) atoms. The number of amides is 1. The molecule has 2 nitrogen and oxygen atoms in total. The summed E-state index contributed by atoms with van der Waals surface area (Å²) in [6.45, 7) is 2.01. The summed E-state index contributed by atoms with van der Waals surface area (Å²) in [5.74, 6) is 0.778. The first-order chi connectivity index (χ1) is 7.15. The lowest BCUT2D eigenvalue weighted by molar-refractivity contribution is -0.116. The Morgan fingerprint density at radius 3 is 2.87 bits per heavy atom. The smallest absolute Gasteiger partial charge is 0.224 e. The van der Waals surface area contributed by atoms with Crippen LogP contribution in [0.4, 0.5) is 5.69 Å². The van der Waals surface area contributed by atoms with Crippen LogP contribution in [0.1, 0.15) is 24.8 Å². The van der Waals surface area contributed by atoms with E-state index in [-0.39, 0.29) is 5.91 Å². The molecule has 0 heterocycles. The Morgan fingerprint density at radius 2 is 2.27 bits per heavy atom. The van der Waals surface area contributed by atoms with E-state index in [1.165, 1.54) is 12.8 Å². The predicted molar refractivity (Wildman–Crippen MR) is 64.8 cm³/mol. The van der Waals surface area contributed by atoms with E-state index in [1.807, 2.05) is 25.1 Å². The quantitative estimate of drug-likeness (QED) is 0.893. The van der Waals surface area contributed by atoms with Crippen molar-refractivity contribution in [1.29, 1.82) is 0 Å². The minimum Gasteiger partial charge on any atom is -0.326 e. The molecule has 1 amide bonds. The SMILES string of the molecule is Cc1cc(NC(=O)CC2CC2)ccc1Br. The topological polar surface area (TPSA) is 29.1 Å². The number of anilines is 1. The van der Waals surface area contributed by atoms with E-state index in [0.717, 1.165) is 15.7 Å². The average molecular weight is 268 g/mol. The molecule has 0 radical (unpaired) electrons. The van der Waals surface area contributed by atoms with Gasteiger partial charge in [-0.25, -0.2) is 0 Å². The van der Waals surface area contributed by atoms with Gasteiger partial charge in [0.25, 0.3) is 0 Å². The second-order valence-corrected chi connectivity index (χ2v) is 5.01. The zero-order valence-electron chi connectivity index (χ0n) is 8.72. The minimum absolute atomic E-state index is 0.138. The Hall–Kier alpha value is -0.830. The van der Waals surface area contributed by atoms with Gasteiger partial charge in [0.2, 0.25) is 5.91 Å². The van der Waals surface area contributed by atoms with Crippen LogP contribution in [0.5, 0.6) is 0 Å². The number of benzene rings is 1. The molecule has 1 aromatic rings. The number of hydrogen-bond acceptors (Lipinski definition) is 1. The molecular weight excluding hydrogens is 254 g/mol. The molecule has 1 saturated carbocycles. The van der Waals surface area contributed by atoms with Crippen LogP contribution in [0.2, 0.25) is 0 Å². The summed E-state index contributed by atoms with van der Waals surface area (Å²) < 4.78 is 1.07. The lowest BCUT2D eigenvalue weighted by Crippen LogP contribution is -2.11. The summed E-state index contributed by atoms with van der Waals surface area (Å²) in [7, 11) is 0. The summed E-state index contributed by atoms with van der Waals surface area (Å²) in [6, 6.07) is 5.86. The van der Waals surface area contributed by atoms with Gasteiger partial charge in [-0.2, -0.15) is 0 Å². The van der Waals surface area contributed by atoms with E-state index in [1.54, 1.807) is 0 Å². The molecule has 0 saturated heterocycles. The van der Waals surface area contributed by atoms with E-state index < -0.39 is 0 Å². The van der Waals surface area contributed by atoms with Gasteiger partial charge in [0.05, 0.1) is 0 Å². The summed E-state index contributed by atoms with van der Waals surface area (Å²) >= 11 is 3.43. The maximum absolute atomic E-state index is 11.5. The van der Waals surface area contributed by atoms with Crippen molar-refractivity contribution in [2.75, 3.05) is 5.32 Å². The zero-order chi connectivity index (χ0) is 10.8. The molecule has 0 unspecified atom stereocenters. The fraction of sp³-hybridized carbons (Fsp3) is 0.417. The second kappa shape index (κ2) is 4.35. The molecule has 0 bridgehead atoms. The van der Waals surface area contributed by atoms with Crippen LogP contribution in [0.25, 0.3) is 0 Å². The van der Waals surface area contributed by atoms with Crippen LogP contribution in [-0.2, 0) is 4.79 Å². The number of nitrogens with one attached hydrogen (secondary N) is 1. The molecule has 1 aliphatic rings. The van der Waals surface area contributed by atoms with Crippen LogP contribution in [0.15, 0.2) is 22.7 Å². The van der Waals surface area contributed by atoms with Gasteiger partial charge >= 0.3 is 0 Å². The van der Waals surface area contributed by atoms with Gasteiger partial charge in [-0.1, -0.05) is 15.9 Å². The van der Waals surface area contributed by atoms with Crippen molar-refractivity contribution in [2.45, 2.75) is 26.2 Å². The van der Waals surface area contributed by atoms with Crippen molar-refractivity contribution >= 4 is 27.5 Å². The van der Waals surface area contributed by atoms with Crippen molar-refractivity contribution in [3.63, 3.8) is 0 Å². The van der Waals surface area contributed by atoms with Gasteiger partial charge < -0.3 is 5.32 Å². The van der Waals surface area contributed by atoms with Crippen molar-refractivity contribution in [3.05, 3.63) is 28.2 Å². The van der Waals surface area contributed by atoms with E-state index in [0.29, 0.717) is 12.3 Å². The second-order valence-electron chi connectivity index (χ2n) is 4.16. The van der Waals surface area contributed by atoms with Crippen molar-refractivity contribution in [3.8, 4) is 0 Å². The summed E-state index contributed by atoms with van der Waals surface area (Å²) in [6.07, 6.45) is 3.11. The number of aryl methyl sites for hydroxylation is 1. The zero-order valence-corrected chi connectivity index (χ0v) is 10.3.